The van der Waals surface area contributed by atoms with Crippen molar-refractivity contribution in [2.45, 2.75) is 38.1 Å². The molecular formula is C19H31BrCl2N2O2. The van der Waals surface area contributed by atoms with E-state index in [1.54, 1.807) is 14.2 Å². The summed E-state index contributed by atoms with van der Waals surface area (Å²) in [6.07, 6.45) is 6.71. The van der Waals surface area contributed by atoms with Crippen LogP contribution in [-0.4, -0.2) is 45.3 Å². The Balaban J connectivity index is 0.00000169. The van der Waals surface area contributed by atoms with E-state index in [9.17, 15) is 0 Å². The first-order valence-corrected chi connectivity index (χ1v) is 9.90. The molecule has 1 aromatic carbocycles. The number of hydrogen-bond donors (Lipinski definition) is 1. The van der Waals surface area contributed by atoms with Gasteiger partial charge in [0.25, 0.3) is 0 Å². The van der Waals surface area contributed by atoms with Crippen molar-refractivity contribution in [1.29, 1.82) is 0 Å². The van der Waals surface area contributed by atoms with Crippen molar-refractivity contribution >= 4 is 40.7 Å². The molecule has 2 fully saturated rings. The highest BCUT2D eigenvalue weighted by atomic mass is 79.9. The maximum absolute atomic E-state index is 5.76. The van der Waals surface area contributed by atoms with E-state index in [1.165, 1.54) is 37.7 Å². The molecule has 2 aliphatic rings. The molecule has 1 saturated carbocycles. The minimum absolute atomic E-state index is 0. The van der Waals surface area contributed by atoms with E-state index < -0.39 is 0 Å². The highest BCUT2D eigenvalue weighted by Crippen LogP contribution is 2.44. The van der Waals surface area contributed by atoms with Gasteiger partial charge in [0.15, 0.2) is 0 Å². The minimum Gasteiger partial charge on any atom is -0.496 e. The quantitative estimate of drug-likeness (QED) is 0.669. The van der Waals surface area contributed by atoms with E-state index in [4.69, 9.17) is 9.47 Å². The van der Waals surface area contributed by atoms with Gasteiger partial charge in [-0.05, 0) is 46.8 Å². The minimum atomic E-state index is 0. The summed E-state index contributed by atoms with van der Waals surface area (Å²) >= 11 is 3.59. The number of piperazine rings is 1. The lowest BCUT2D eigenvalue weighted by atomic mass is 9.79. The average molecular weight is 470 g/mol. The summed E-state index contributed by atoms with van der Waals surface area (Å²) in [6, 6.07) is 4.67. The lowest BCUT2D eigenvalue weighted by Crippen LogP contribution is -2.47. The molecule has 26 heavy (non-hydrogen) atoms. The first kappa shape index (κ1) is 23.8. The van der Waals surface area contributed by atoms with Crippen molar-refractivity contribution in [2.75, 3.05) is 40.4 Å². The van der Waals surface area contributed by atoms with Crippen molar-refractivity contribution in [3.05, 3.63) is 22.2 Å². The molecule has 0 amide bonds. The summed E-state index contributed by atoms with van der Waals surface area (Å²) in [6.45, 7) is 4.34. The van der Waals surface area contributed by atoms with Gasteiger partial charge in [-0.1, -0.05) is 19.3 Å². The first-order chi connectivity index (χ1) is 11.7. The van der Waals surface area contributed by atoms with Crippen molar-refractivity contribution in [3.63, 3.8) is 0 Å². The van der Waals surface area contributed by atoms with Crippen LogP contribution in [0.25, 0.3) is 0 Å². The zero-order chi connectivity index (χ0) is 16.9. The Kier molecular flexibility index (Phi) is 10.6. The van der Waals surface area contributed by atoms with Crippen LogP contribution in [0.2, 0.25) is 0 Å². The molecule has 1 atom stereocenters. The van der Waals surface area contributed by atoms with Gasteiger partial charge in [-0.2, -0.15) is 0 Å². The largest absolute Gasteiger partial charge is 0.496 e. The second-order valence-electron chi connectivity index (χ2n) is 6.86. The van der Waals surface area contributed by atoms with Gasteiger partial charge < -0.3 is 14.8 Å². The number of methoxy groups -OCH3 is 2. The molecule has 1 aromatic rings. The summed E-state index contributed by atoms with van der Waals surface area (Å²) < 4.78 is 12.3. The highest BCUT2D eigenvalue weighted by Gasteiger charge is 2.33. The van der Waals surface area contributed by atoms with Gasteiger partial charge >= 0.3 is 0 Å². The fourth-order valence-corrected chi connectivity index (χ4v) is 4.76. The number of ether oxygens (including phenoxy) is 2. The van der Waals surface area contributed by atoms with Crippen LogP contribution in [0.1, 0.15) is 43.7 Å². The van der Waals surface area contributed by atoms with Crippen molar-refractivity contribution in [3.8, 4) is 11.5 Å². The van der Waals surface area contributed by atoms with E-state index in [-0.39, 0.29) is 24.8 Å². The molecular weight excluding hydrogens is 439 g/mol. The van der Waals surface area contributed by atoms with Gasteiger partial charge in [0, 0.05) is 37.8 Å². The number of halogens is 3. The SMILES string of the molecule is COc1cc([C@H](C2CCCCC2)N2CCNCC2)c(OC)cc1Br.Cl.Cl. The van der Waals surface area contributed by atoms with Crippen LogP contribution in [-0.2, 0) is 0 Å². The summed E-state index contributed by atoms with van der Waals surface area (Å²) in [5, 5.41) is 3.48. The summed E-state index contributed by atoms with van der Waals surface area (Å²) in [4.78, 5) is 2.65. The van der Waals surface area contributed by atoms with Crippen LogP contribution in [0.15, 0.2) is 16.6 Å². The molecule has 0 unspecified atom stereocenters. The van der Waals surface area contributed by atoms with Gasteiger partial charge in [0.2, 0.25) is 0 Å². The van der Waals surface area contributed by atoms with Crippen LogP contribution in [0.4, 0.5) is 0 Å². The van der Waals surface area contributed by atoms with Gasteiger partial charge in [0.1, 0.15) is 11.5 Å². The molecule has 0 aromatic heterocycles. The Morgan fingerprint density at radius 1 is 1.00 bits per heavy atom. The summed E-state index contributed by atoms with van der Waals surface area (Å²) in [5.41, 5.74) is 1.28. The zero-order valence-electron chi connectivity index (χ0n) is 15.6. The second kappa shape index (κ2) is 11.6. The van der Waals surface area contributed by atoms with Crippen LogP contribution >= 0.6 is 40.7 Å². The molecule has 1 heterocycles. The Bertz CT molecular complexity index is 533. The Hall–Kier alpha value is -0.200. The predicted octanol–water partition coefficient (Wildman–Crippen LogP) is 4.84. The topological polar surface area (TPSA) is 33.7 Å². The van der Waals surface area contributed by atoms with Crippen molar-refractivity contribution in [2.24, 2.45) is 5.92 Å². The van der Waals surface area contributed by atoms with Gasteiger partial charge in [-0.15, -0.1) is 24.8 Å². The molecule has 0 spiro atoms. The zero-order valence-corrected chi connectivity index (χ0v) is 18.9. The molecule has 1 N–H and O–H groups in total. The number of hydrogen-bond acceptors (Lipinski definition) is 4. The third-order valence-corrected chi connectivity index (χ3v) is 6.08. The standard InChI is InChI=1S/C19H29BrN2O2.2ClH/c1-23-17-13-16(20)18(24-2)12-15(17)19(14-6-4-3-5-7-14)22-10-8-21-9-11-22;;/h12-14,19,21H,3-11H2,1-2H3;2*1H/t19-;;/m0../s1. The van der Waals surface area contributed by atoms with Gasteiger partial charge in [0.05, 0.1) is 18.7 Å². The van der Waals surface area contributed by atoms with E-state index in [0.717, 1.165) is 42.2 Å². The maximum Gasteiger partial charge on any atom is 0.133 e. The molecule has 3 rings (SSSR count). The summed E-state index contributed by atoms with van der Waals surface area (Å²) in [5.74, 6) is 2.56. The first-order valence-electron chi connectivity index (χ1n) is 9.10. The Labute approximate surface area is 178 Å². The molecule has 7 heteroatoms. The van der Waals surface area contributed by atoms with E-state index in [0.29, 0.717) is 12.0 Å². The molecule has 0 bridgehead atoms. The van der Waals surface area contributed by atoms with E-state index >= 15 is 0 Å². The van der Waals surface area contributed by atoms with Crippen molar-refractivity contribution < 1.29 is 9.47 Å². The average Bonchev–Trinajstić information content (AvgIpc) is 2.64. The molecule has 1 aliphatic heterocycles. The Morgan fingerprint density at radius 2 is 1.62 bits per heavy atom. The fraction of sp³-hybridized carbons (Fsp3) is 0.684. The number of nitrogens with one attached hydrogen (secondary N) is 1. The predicted molar refractivity (Wildman–Crippen MR) is 116 cm³/mol. The van der Waals surface area contributed by atoms with E-state index in [1.807, 2.05) is 0 Å². The third kappa shape index (κ3) is 5.41. The lowest BCUT2D eigenvalue weighted by Gasteiger charge is -2.41. The van der Waals surface area contributed by atoms with Crippen LogP contribution in [0, 0.1) is 5.92 Å². The normalized spacial score (nSPS) is 19.8. The van der Waals surface area contributed by atoms with Crippen LogP contribution in [0.5, 0.6) is 11.5 Å². The number of nitrogens with zero attached hydrogens (tertiary/aromatic N) is 1. The Morgan fingerprint density at radius 3 is 2.19 bits per heavy atom. The van der Waals surface area contributed by atoms with Crippen molar-refractivity contribution in [1.82, 2.24) is 10.2 Å². The number of benzene rings is 1. The molecule has 150 valence electrons. The highest BCUT2D eigenvalue weighted by molar-refractivity contribution is 9.10. The van der Waals surface area contributed by atoms with Gasteiger partial charge in [-0.3, -0.25) is 4.90 Å². The fourth-order valence-electron chi connectivity index (χ4n) is 4.27. The van der Waals surface area contributed by atoms with Crippen LogP contribution in [0.3, 0.4) is 0 Å². The molecule has 1 aliphatic carbocycles. The van der Waals surface area contributed by atoms with Crippen LogP contribution < -0.4 is 14.8 Å². The molecule has 1 saturated heterocycles. The molecule has 4 nitrogen and oxygen atoms in total. The molecule has 0 radical (unpaired) electrons. The number of rotatable bonds is 5. The third-order valence-electron chi connectivity index (χ3n) is 5.46. The lowest BCUT2D eigenvalue weighted by molar-refractivity contribution is 0.101. The smallest absolute Gasteiger partial charge is 0.133 e. The summed E-state index contributed by atoms with van der Waals surface area (Å²) in [7, 11) is 3.50. The monoisotopic (exact) mass is 468 g/mol. The van der Waals surface area contributed by atoms with E-state index in [2.05, 4.69) is 38.3 Å². The maximum atomic E-state index is 5.76. The second-order valence-corrected chi connectivity index (χ2v) is 7.71. The van der Waals surface area contributed by atoms with Gasteiger partial charge in [-0.25, -0.2) is 0 Å².